The van der Waals surface area contributed by atoms with Crippen molar-refractivity contribution in [3.63, 3.8) is 0 Å². The molecule has 0 bridgehead atoms. The van der Waals surface area contributed by atoms with Gasteiger partial charge in [-0.1, -0.05) is 12.1 Å². The normalized spacial score (nSPS) is 16.0. The van der Waals surface area contributed by atoms with Crippen molar-refractivity contribution in [1.29, 1.82) is 0 Å². The number of guanidine groups is 1. The van der Waals surface area contributed by atoms with Gasteiger partial charge in [-0.3, -0.25) is 4.99 Å². The first-order valence-corrected chi connectivity index (χ1v) is 10.6. The number of rotatable bonds is 8. The van der Waals surface area contributed by atoms with E-state index in [2.05, 4.69) is 58.8 Å². The standard InChI is InChI=1S/C22H35N5O.HI/c1-3-23-22(24-10-4-12-27-13-8-19(28)9-14-27)25-11-7-18-16-26-21-15-17(2)5-6-20(18)21;/h5-6,15-16,19,26,28H,3-4,7-14H2,1-2H3,(H2,23,24,25);1H. The fourth-order valence-electron chi connectivity index (χ4n) is 3.79. The number of aliphatic imine (C=N–C) groups is 1. The van der Waals surface area contributed by atoms with Crippen LogP contribution in [0.2, 0.25) is 0 Å². The Morgan fingerprint density at radius 2 is 2.07 bits per heavy atom. The highest BCUT2D eigenvalue weighted by molar-refractivity contribution is 14.0. The van der Waals surface area contributed by atoms with Crippen LogP contribution in [0.3, 0.4) is 0 Å². The third-order valence-corrected chi connectivity index (χ3v) is 5.41. The third kappa shape index (κ3) is 7.46. The van der Waals surface area contributed by atoms with Gasteiger partial charge < -0.3 is 25.6 Å². The minimum absolute atomic E-state index is 0. The highest BCUT2D eigenvalue weighted by Gasteiger charge is 2.15. The fourth-order valence-corrected chi connectivity index (χ4v) is 3.79. The molecule has 1 aliphatic heterocycles. The van der Waals surface area contributed by atoms with E-state index in [1.54, 1.807) is 0 Å². The number of hydrogen-bond acceptors (Lipinski definition) is 3. The fraction of sp³-hybridized carbons (Fsp3) is 0.591. The molecule has 1 saturated heterocycles. The monoisotopic (exact) mass is 513 g/mol. The van der Waals surface area contributed by atoms with Gasteiger partial charge >= 0.3 is 0 Å². The lowest BCUT2D eigenvalue weighted by Crippen LogP contribution is -2.39. The number of halogens is 1. The van der Waals surface area contributed by atoms with Crippen molar-refractivity contribution < 1.29 is 5.11 Å². The first-order valence-electron chi connectivity index (χ1n) is 10.6. The van der Waals surface area contributed by atoms with Gasteiger partial charge in [-0.15, -0.1) is 24.0 Å². The number of aryl methyl sites for hydroxylation is 1. The summed E-state index contributed by atoms with van der Waals surface area (Å²) in [4.78, 5) is 10.5. The highest BCUT2D eigenvalue weighted by atomic mass is 127. The van der Waals surface area contributed by atoms with Gasteiger partial charge in [0, 0.05) is 49.8 Å². The molecule has 0 saturated carbocycles. The predicted molar refractivity (Wildman–Crippen MR) is 132 cm³/mol. The van der Waals surface area contributed by atoms with Crippen LogP contribution in [0.25, 0.3) is 10.9 Å². The molecule has 1 fully saturated rings. The molecule has 6 nitrogen and oxygen atoms in total. The Labute approximate surface area is 191 Å². The zero-order valence-corrected chi connectivity index (χ0v) is 20.0. The molecule has 0 atom stereocenters. The van der Waals surface area contributed by atoms with Crippen LogP contribution in [-0.2, 0) is 6.42 Å². The minimum atomic E-state index is -0.0972. The maximum Gasteiger partial charge on any atom is 0.191 e. The molecule has 1 aromatic heterocycles. The number of aromatic amines is 1. The van der Waals surface area contributed by atoms with Gasteiger partial charge in [0.1, 0.15) is 0 Å². The molecule has 0 unspecified atom stereocenters. The third-order valence-electron chi connectivity index (χ3n) is 5.41. The molecular weight excluding hydrogens is 477 g/mol. The van der Waals surface area contributed by atoms with E-state index in [-0.39, 0.29) is 30.1 Å². The van der Waals surface area contributed by atoms with Crippen LogP contribution < -0.4 is 10.6 Å². The van der Waals surface area contributed by atoms with Crippen molar-refractivity contribution in [3.05, 3.63) is 35.5 Å². The molecule has 2 aromatic rings. The van der Waals surface area contributed by atoms with Crippen molar-refractivity contribution in [2.24, 2.45) is 4.99 Å². The number of likely N-dealkylation sites (tertiary alicyclic amines) is 1. The van der Waals surface area contributed by atoms with Crippen LogP contribution >= 0.6 is 24.0 Å². The maximum atomic E-state index is 9.58. The lowest BCUT2D eigenvalue weighted by atomic mass is 10.1. The topological polar surface area (TPSA) is 75.7 Å². The molecule has 7 heteroatoms. The van der Waals surface area contributed by atoms with Crippen LogP contribution in [0, 0.1) is 6.92 Å². The molecule has 0 aliphatic carbocycles. The highest BCUT2D eigenvalue weighted by Crippen LogP contribution is 2.19. The number of hydrogen-bond donors (Lipinski definition) is 4. The van der Waals surface area contributed by atoms with Gasteiger partial charge in [-0.2, -0.15) is 0 Å². The molecule has 4 N–H and O–H groups in total. The molecule has 1 aliphatic rings. The second-order valence-corrected chi connectivity index (χ2v) is 7.73. The van der Waals surface area contributed by atoms with E-state index in [1.807, 2.05) is 0 Å². The summed E-state index contributed by atoms with van der Waals surface area (Å²) in [5.74, 6) is 0.896. The van der Waals surface area contributed by atoms with Crippen molar-refractivity contribution in [3.8, 4) is 0 Å². The minimum Gasteiger partial charge on any atom is -0.393 e. The van der Waals surface area contributed by atoms with Gasteiger partial charge in [0.15, 0.2) is 5.96 Å². The van der Waals surface area contributed by atoms with E-state index >= 15 is 0 Å². The number of aliphatic hydroxyl groups is 1. The van der Waals surface area contributed by atoms with E-state index in [9.17, 15) is 5.11 Å². The van der Waals surface area contributed by atoms with Gasteiger partial charge in [-0.05, 0) is 63.3 Å². The lowest BCUT2D eigenvalue weighted by molar-refractivity contribution is 0.0824. The van der Waals surface area contributed by atoms with Crippen LogP contribution in [0.4, 0.5) is 0 Å². The number of H-pyrrole nitrogens is 1. The Morgan fingerprint density at radius 1 is 1.28 bits per heavy atom. The second-order valence-electron chi connectivity index (χ2n) is 7.73. The summed E-state index contributed by atoms with van der Waals surface area (Å²) in [5, 5.41) is 17.7. The van der Waals surface area contributed by atoms with Crippen LogP contribution in [0.15, 0.2) is 29.4 Å². The van der Waals surface area contributed by atoms with E-state index < -0.39 is 0 Å². The van der Waals surface area contributed by atoms with Gasteiger partial charge in [-0.25, -0.2) is 0 Å². The Morgan fingerprint density at radius 3 is 2.83 bits per heavy atom. The lowest BCUT2D eigenvalue weighted by Gasteiger charge is -2.29. The molecule has 2 heterocycles. The average Bonchev–Trinajstić information content (AvgIpc) is 3.08. The number of nitrogens with one attached hydrogen (secondary N) is 3. The van der Waals surface area contributed by atoms with E-state index in [0.29, 0.717) is 0 Å². The predicted octanol–water partition coefficient (Wildman–Crippen LogP) is 3.04. The summed E-state index contributed by atoms with van der Waals surface area (Å²) in [5.41, 5.74) is 3.83. The van der Waals surface area contributed by atoms with E-state index in [0.717, 1.165) is 70.9 Å². The molecule has 162 valence electrons. The molecular formula is C22H36IN5O. The smallest absolute Gasteiger partial charge is 0.191 e. The number of piperidine rings is 1. The molecule has 0 spiro atoms. The molecule has 0 amide bonds. The van der Waals surface area contributed by atoms with Gasteiger partial charge in [0.25, 0.3) is 0 Å². The zero-order chi connectivity index (χ0) is 19.8. The summed E-state index contributed by atoms with van der Waals surface area (Å²) >= 11 is 0. The second kappa shape index (κ2) is 12.4. The summed E-state index contributed by atoms with van der Waals surface area (Å²) < 4.78 is 0. The van der Waals surface area contributed by atoms with Gasteiger partial charge in [0.2, 0.25) is 0 Å². The number of aromatic nitrogens is 1. The maximum absolute atomic E-state index is 9.58. The van der Waals surface area contributed by atoms with Crippen LogP contribution in [-0.4, -0.2) is 66.3 Å². The van der Waals surface area contributed by atoms with Crippen LogP contribution in [0.1, 0.15) is 37.3 Å². The number of aliphatic hydroxyl groups excluding tert-OH is 1. The molecule has 3 rings (SSSR count). The zero-order valence-electron chi connectivity index (χ0n) is 17.7. The van der Waals surface area contributed by atoms with Crippen molar-refractivity contribution in [2.75, 3.05) is 39.3 Å². The largest absolute Gasteiger partial charge is 0.393 e. The van der Waals surface area contributed by atoms with E-state index in [4.69, 9.17) is 4.99 Å². The average molecular weight is 513 g/mol. The van der Waals surface area contributed by atoms with Crippen LogP contribution in [0.5, 0.6) is 0 Å². The summed E-state index contributed by atoms with van der Waals surface area (Å²) in [6, 6.07) is 6.57. The Bertz CT molecular complexity index is 768. The number of benzene rings is 1. The van der Waals surface area contributed by atoms with Crippen molar-refractivity contribution >= 4 is 40.8 Å². The molecule has 0 radical (unpaired) electrons. The quantitative estimate of drug-likeness (QED) is 0.190. The summed E-state index contributed by atoms with van der Waals surface area (Å²) in [6.45, 7) is 9.83. The van der Waals surface area contributed by atoms with Gasteiger partial charge in [0.05, 0.1) is 6.10 Å². The number of nitrogens with zero attached hydrogens (tertiary/aromatic N) is 2. The van der Waals surface area contributed by atoms with Crippen molar-refractivity contribution in [2.45, 2.75) is 45.6 Å². The Kier molecular flexibility index (Phi) is 10.2. The molecule has 29 heavy (non-hydrogen) atoms. The first kappa shape index (κ1) is 24.0. The summed E-state index contributed by atoms with van der Waals surface area (Å²) in [6.07, 6.45) is 5.84. The number of fused-ring (bicyclic) bond motifs is 1. The first-order chi connectivity index (χ1) is 13.7. The summed E-state index contributed by atoms with van der Waals surface area (Å²) in [7, 11) is 0. The van der Waals surface area contributed by atoms with Crippen molar-refractivity contribution in [1.82, 2.24) is 20.5 Å². The Balaban J connectivity index is 0.00000300. The van der Waals surface area contributed by atoms with E-state index in [1.165, 1.54) is 22.0 Å². The molecule has 1 aromatic carbocycles. The Hall–Kier alpha value is -1.32. The SMILES string of the molecule is CCNC(=NCCCN1CCC(O)CC1)NCCc1c[nH]c2cc(C)ccc12.I.